The van der Waals surface area contributed by atoms with Gasteiger partial charge in [0.15, 0.2) is 0 Å². The summed E-state index contributed by atoms with van der Waals surface area (Å²) in [6, 6.07) is 5.42. The number of aromatic nitrogens is 1. The first-order valence-corrected chi connectivity index (χ1v) is 5.04. The van der Waals surface area contributed by atoms with E-state index in [1.54, 1.807) is 18.3 Å². The third-order valence-corrected chi connectivity index (χ3v) is 2.67. The van der Waals surface area contributed by atoms with E-state index < -0.39 is 0 Å². The van der Waals surface area contributed by atoms with E-state index in [1.807, 2.05) is 6.07 Å². The molecule has 2 N–H and O–H groups in total. The Labute approximate surface area is 88.7 Å². The highest BCUT2D eigenvalue weighted by molar-refractivity contribution is 5.29. The van der Waals surface area contributed by atoms with E-state index in [4.69, 9.17) is 15.7 Å². The van der Waals surface area contributed by atoms with Crippen LogP contribution in [0.3, 0.4) is 0 Å². The fraction of sp³-hybridized carbons (Fsp3) is 0.455. The van der Waals surface area contributed by atoms with Crippen molar-refractivity contribution in [3.8, 4) is 11.8 Å². The van der Waals surface area contributed by atoms with Gasteiger partial charge in [-0.05, 0) is 31.4 Å². The van der Waals surface area contributed by atoms with E-state index in [-0.39, 0.29) is 6.10 Å². The Hall–Kier alpha value is -1.60. The smallest absolute Gasteiger partial charge is 0.144 e. The molecule has 15 heavy (non-hydrogen) atoms. The highest BCUT2D eigenvalue weighted by Crippen LogP contribution is 2.30. The Morgan fingerprint density at radius 1 is 1.60 bits per heavy atom. The molecule has 4 heteroatoms. The molecule has 2 rings (SSSR count). The van der Waals surface area contributed by atoms with Crippen molar-refractivity contribution in [3.05, 3.63) is 24.0 Å². The highest BCUT2D eigenvalue weighted by Gasteiger charge is 2.29. The zero-order valence-corrected chi connectivity index (χ0v) is 8.39. The summed E-state index contributed by atoms with van der Waals surface area (Å²) >= 11 is 0. The van der Waals surface area contributed by atoms with E-state index in [9.17, 15) is 0 Å². The molecule has 1 aliphatic carbocycles. The van der Waals surface area contributed by atoms with Crippen LogP contribution in [0.15, 0.2) is 18.3 Å². The molecular weight excluding hydrogens is 190 g/mol. The molecule has 1 saturated carbocycles. The molecule has 1 aromatic rings. The average molecular weight is 203 g/mol. The summed E-state index contributed by atoms with van der Waals surface area (Å²) in [7, 11) is 0. The molecule has 0 aromatic carbocycles. The van der Waals surface area contributed by atoms with Crippen LogP contribution in [0.25, 0.3) is 0 Å². The Balaban J connectivity index is 1.92. The van der Waals surface area contributed by atoms with E-state index in [0.717, 1.165) is 25.1 Å². The SMILES string of the molecule is N#Cc1cc(OC2CC(CN)C2)ccn1. The summed E-state index contributed by atoms with van der Waals surface area (Å²) in [5.41, 5.74) is 5.92. The Morgan fingerprint density at radius 3 is 3.07 bits per heavy atom. The Kier molecular flexibility index (Phi) is 2.84. The molecule has 1 heterocycles. The van der Waals surface area contributed by atoms with Crippen molar-refractivity contribution in [2.75, 3.05) is 6.54 Å². The van der Waals surface area contributed by atoms with Gasteiger partial charge in [0.05, 0.1) is 6.10 Å². The van der Waals surface area contributed by atoms with Crippen molar-refractivity contribution >= 4 is 0 Å². The standard InChI is InChI=1S/C11H13N3O/c12-6-8-3-11(4-8)15-10-1-2-14-9(5-10)7-13/h1-2,5,8,11H,3-4,6,12H2. The number of nitrogens with two attached hydrogens (primary N) is 1. The van der Waals surface area contributed by atoms with Gasteiger partial charge >= 0.3 is 0 Å². The normalized spacial score (nSPS) is 24.0. The maximum atomic E-state index is 8.66. The summed E-state index contributed by atoms with van der Waals surface area (Å²) in [6.07, 6.45) is 3.88. The van der Waals surface area contributed by atoms with Gasteiger partial charge in [0.25, 0.3) is 0 Å². The number of hydrogen-bond acceptors (Lipinski definition) is 4. The summed E-state index contributed by atoms with van der Waals surface area (Å²) in [4.78, 5) is 3.88. The largest absolute Gasteiger partial charge is 0.490 e. The van der Waals surface area contributed by atoms with Gasteiger partial charge in [-0.3, -0.25) is 0 Å². The minimum atomic E-state index is 0.257. The molecule has 0 radical (unpaired) electrons. The molecule has 1 aliphatic rings. The lowest BCUT2D eigenvalue weighted by Crippen LogP contribution is -2.37. The second-order valence-corrected chi connectivity index (χ2v) is 3.80. The number of hydrogen-bond donors (Lipinski definition) is 1. The number of nitrogens with zero attached hydrogens (tertiary/aromatic N) is 2. The molecule has 4 nitrogen and oxygen atoms in total. The van der Waals surface area contributed by atoms with Crippen LogP contribution < -0.4 is 10.5 Å². The van der Waals surface area contributed by atoms with Crippen LogP contribution in [0.1, 0.15) is 18.5 Å². The van der Waals surface area contributed by atoms with E-state index >= 15 is 0 Å². The van der Waals surface area contributed by atoms with Gasteiger partial charge in [0.1, 0.15) is 17.5 Å². The predicted molar refractivity (Wildman–Crippen MR) is 55.1 cm³/mol. The molecule has 0 spiro atoms. The van der Waals surface area contributed by atoms with Gasteiger partial charge < -0.3 is 10.5 Å². The van der Waals surface area contributed by atoms with Crippen molar-refractivity contribution in [2.24, 2.45) is 11.7 Å². The average Bonchev–Trinajstić information content (AvgIpc) is 2.23. The lowest BCUT2D eigenvalue weighted by atomic mass is 9.82. The van der Waals surface area contributed by atoms with Gasteiger partial charge in [-0.2, -0.15) is 5.26 Å². The molecule has 1 aromatic heterocycles. The van der Waals surface area contributed by atoms with Crippen molar-refractivity contribution in [2.45, 2.75) is 18.9 Å². The maximum absolute atomic E-state index is 8.66. The van der Waals surface area contributed by atoms with Crippen molar-refractivity contribution in [1.29, 1.82) is 5.26 Å². The third-order valence-electron chi connectivity index (χ3n) is 2.67. The number of nitriles is 1. The van der Waals surface area contributed by atoms with E-state index in [0.29, 0.717) is 11.6 Å². The van der Waals surface area contributed by atoms with Crippen LogP contribution in [0.2, 0.25) is 0 Å². The number of ether oxygens (including phenoxy) is 1. The van der Waals surface area contributed by atoms with Gasteiger partial charge in [0, 0.05) is 12.3 Å². The number of pyridine rings is 1. The highest BCUT2D eigenvalue weighted by atomic mass is 16.5. The predicted octanol–water partition coefficient (Wildman–Crippen LogP) is 1.07. The van der Waals surface area contributed by atoms with E-state index in [2.05, 4.69) is 4.98 Å². The van der Waals surface area contributed by atoms with Crippen LogP contribution in [0.4, 0.5) is 0 Å². The van der Waals surface area contributed by atoms with Gasteiger partial charge in [0.2, 0.25) is 0 Å². The monoisotopic (exact) mass is 203 g/mol. The summed E-state index contributed by atoms with van der Waals surface area (Å²) in [5.74, 6) is 1.33. The minimum Gasteiger partial charge on any atom is -0.490 e. The quantitative estimate of drug-likeness (QED) is 0.797. The zero-order chi connectivity index (χ0) is 10.7. The van der Waals surface area contributed by atoms with Crippen molar-refractivity contribution in [1.82, 2.24) is 4.98 Å². The fourth-order valence-electron chi connectivity index (χ4n) is 1.70. The molecule has 0 unspecified atom stereocenters. The second kappa shape index (κ2) is 4.28. The molecular formula is C11H13N3O. The first-order valence-electron chi connectivity index (χ1n) is 5.04. The van der Waals surface area contributed by atoms with Gasteiger partial charge in [-0.25, -0.2) is 4.98 Å². The molecule has 0 amide bonds. The van der Waals surface area contributed by atoms with E-state index in [1.165, 1.54) is 0 Å². The van der Waals surface area contributed by atoms with Crippen LogP contribution in [-0.4, -0.2) is 17.6 Å². The molecule has 0 atom stereocenters. The third kappa shape index (κ3) is 2.25. The van der Waals surface area contributed by atoms with Crippen LogP contribution in [-0.2, 0) is 0 Å². The van der Waals surface area contributed by atoms with Gasteiger partial charge in [-0.1, -0.05) is 0 Å². The lowest BCUT2D eigenvalue weighted by molar-refractivity contribution is 0.0689. The number of rotatable bonds is 3. The first-order chi connectivity index (χ1) is 7.31. The minimum absolute atomic E-state index is 0.257. The van der Waals surface area contributed by atoms with Crippen molar-refractivity contribution in [3.63, 3.8) is 0 Å². The molecule has 78 valence electrons. The maximum Gasteiger partial charge on any atom is 0.144 e. The summed E-state index contributed by atoms with van der Waals surface area (Å²) in [6.45, 7) is 0.736. The fourth-order valence-corrected chi connectivity index (χ4v) is 1.70. The molecule has 0 saturated heterocycles. The molecule has 0 aliphatic heterocycles. The lowest BCUT2D eigenvalue weighted by Gasteiger charge is -2.34. The Morgan fingerprint density at radius 2 is 2.40 bits per heavy atom. The van der Waals surface area contributed by atoms with Gasteiger partial charge in [-0.15, -0.1) is 0 Å². The Bertz CT molecular complexity index is 380. The molecule has 0 bridgehead atoms. The van der Waals surface area contributed by atoms with Crippen LogP contribution >= 0.6 is 0 Å². The first kappa shape index (κ1) is 9.94. The van der Waals surface area contributed by atoms with Crippen LogP contribution in [0, 0.1) is 17.2 Å². The van der Waals surface area contributed by atoms with Crippen LogP contribution in [0.5, 0.6) is 5.75 Å². The molecule has 1 fully saturated rings. The topological polar surface area (TPSA) is 71.9 Å². The zero-order valence-electron chi connectivity index (χ0n) is 8.39. The van der Waals surface area contributed by atoms with Crippen molar-refractivity contribution < 1.29 is 4.74 Å². The summed E-state index contributed by atoms with van der Waals surface area (Å²) in [5, 5.41) is 8.66. The second-order valence-electron chi connectivity index (χ2n) is 3.80. The summed E-state index contributed by atoms with van der Waals surface area (Å²) < 4.78 is 5.68.